The van der Waals surface area contributed by atoms with Gasteiger partial charge in [-0.15, -0.1) is 0 Å². The SMILES string of the molecule is CCCNCCOc1ccc2c(=O)c3cc(OCCNCCC)ccc3oc2c1. The molecule has 6 nitrogen and oxygen atoms in total. The van der Waals surface area contributed by atoms with E-state index in [1.807, 2.05) is 12.1 Å². The molecule has 0 saturated carbocycles. The van der Waals surface area contributed by atoms with E-state index in [2.05, 4.69) is 24.5 Å². The fourth-order valence-electron chi connectivity index (χ4n) is 3.08. The molecule has 156 valence electrons. The minimum atomic E-state index is -0.0630. The van der Waals surface area contributed by atoms with Gasteiger partial charge in [0.1, 0.15) is 35.9 Å². The van der Waals surface area contributed by atoms with Crippen LogP contribution in [0.25, 0.3) is 21.9 Å². The van der Waals surface area contributed by atoms with Crippen molar-refractivity contribution >= 4 is 21.9 Å². The molecule has 0 saturated heterocycles. The lowest BCUT2D eigenvalue weighted by Gasteiger charge is -2.09. The van der Waals surface area contributed by atoms with Gasteiger partial charge in [-0.3, -0.25) is 4.79 Å². The molecule has 2 aromatic carbocycles. The first-order valence-corrected chi connectivity index (χ1v) is 10.4. The van der Waals surface area contributed by atoms with E-state index in [0.717, 1.165) is 39.0 Å². The van der Waals surface area contributed by atoms with Crippen LogP contribution in [0.15, 0.2) is 45.6 Å². The molecule has 0 aliphatic heterocycles. The number of fused-ring (bicyclic) bond motifs is 2. The molecule has 0 aliphatic rings. The molecule has 6 heteroatoms. The highest BCUT2D eigenvalue weighted by atomic mass is 16.5. The maximum atomic E-state index is 12.9. The summed E-state index contributed by atoms with van der Waals surface area (Å²) < 4.78 is 17.5. The van der Waals surface area contributed by atoms with Crippen molar-refractivity contribution in [3.05, 3.63) is 46.6 Å². The van der Waals surface area contributed by atoms with E-state index in [-0.39, 0.29) is 5.43 Å². The zero-order valence-corrected chi connectivity index (χ0v) is 17.3. The lowest BCUT2D eigenvalue weighted by atomic mass is 10.1. The first kappa shape index (κ1) is 21.1. The summed E-state index contributed by atoms with van der Waals surface area (Å²) in [5.74, 6) is 1.36. The molecule has 0 aliphatic carbocycles. The minimum absolute atomic E-state index is 0.0630. The van der Waals surface area contributed by atoms with Gasteiger partial charge in [0.15, 0.2) is 0 Å². The van der Waals surface area contributed by atoms with Crippen LogP contribution in [0.1, 0.15) is 26.7 Å². The number of hydrogen-bond donors (Lipinski definition) is 2. The van der Waals surface area contributed by atoms with Crippen molar-refractivity contribution < 1.29 is 13.9 Å². The van der Waals surface area contributed by atoms with Gasteiger partial charge in [-0.2, -0.15) is 0 Å². The van der Waals surface area contributed by atoms with Crippen LogP contribution in [-0.2, 0) is 0 Å². The highest BCUT2D eigenvalue weighted by Crippen LogP contribution is 2.25. The summed E-state index contributed by atoms with van der Waals surface area (Å²) in [5, 5.41) is 7.64. The molecule has 1 aromatic heterocycles. The van der Waals surface area contributed by atoms with E-state index in [4.69, 9.17) is 13.9 Å². The zero-order valence-electron chi connectivity index (χ0n) is 17.3. The van der Waals surface area contributed by atoms with Gasteiger partial charge < -0.3 is 24.5 Å². The molecule has 0 unspecified atom stereocenters. The van der Waals surface area contributed by atoms with E-state index < -0.39 is 0 Å². The Morgan fingerprint density at radius 1 is 0.759 bits per heavy atom. The van der Waals surface area contributed by atoms with Crippen molar-refractivity contribution in [1.82, 2.24) is 10.6 Å². The highest BCUT2D eigenvalue weighted by Gasteiger charge is 2.10. The van der Waals surface area contributed by atoms with Gasteiger partial charge in [0.2, 0.25) is 5.43 Å². The van der Waals surface area contributed by atoms with Crippen molar-refractivity contribution in [2.45, 2.75) is 26.7 Å². The fourth-order valence-corrected chi connectivity index (χ4v) is 3.08. The van der Waals surface area contributed by atoms with E-state index >= 15 is 0 Å². The van der Waals surface area contributed by atoms with Crippen molar-refractivity contribution in [3.63, 3.8) is 0 Å². The van der Waals surface area contributed by atoms with Gasteiger partial charge in [-0.1, -0.05) is 13.8 Å². The Bertz CT molecular complexity index is 984. The summed E-state index contributed by atoms with van der Waals surface area (Å²) >= 11 is 0. The van der Waals surface area contributed by atoms with Crippen LogP contribution in [0, 0.1) is 0 Å². The summed E-state index contributed by atoms with van der Waals surface area (Å²) in [4.78, 5) is 12.9. The summed E-state index contributed by atoms with van der Waals surface area (Å²) in [6.07, 6.45) is 2.18. The van der Waals surface area contributed by atoms with Gasteiger partial charge in [0.25, 0.3) is 0 Å². The molecule has 0 atom stereocenters. The summed E-state index contributed by atoms with van der Waals surface area (Å²) in [5.41, 5.74) is 1.01. The lowest BCUT2D eigenvalue weighted by molar-refractivity contribution is 0.314. The third-order valence-electron chi connectivity index (χ3n) is 4.56. The molecule has 0 bridgehead atoms. The van der Waals surface area contributed by atoms with Gasteiger partial charge in [-0.05, 0) is 56.3 Å². The van der Waals surface area contributed by atoms with Crippen molar-refractivity contribution in [1.29, 1.82) is 0 Å². The predicted octanol–water partition coefficient (Wildman–Crippen LogP) is 3.70. The van der Waals surface area contributed by atoms with Gasteiger partial charge >= 0.3 is 0 Å². The van der Waals surface area contributed by atoms with Crippen LogP contribution >= 0.6 is 0 Å². The number of hydrogen-bond acceptors (Lipinski definition) is 6. The second kappa shape index (κ2) is 10.8. The third-order valence-corrected chi connectivity index (χ3v) is 4.56. The minimum Gasteiger partial charge on any atom is -0.492 e. The van der Waals surface area contributed by atoms with Crippen molar-refractivity contribution in [2.24, 2.45) is 0 Å². The molecule has 0 spiro atoms. The molecular weight excluding hydrogens is 368 g/mol. The summed E-state index contributed by atoms with van der Waals surface area (Å²) in [7, 11) is 0. The van der Waals surface area contributed by atoms with Crippen molar-refractivity contribution in [3.8, 4) is 11.5 Å². The van der Waals surface area contributed by atoms with Gasteiger partial charge in [0.05, 0.1) is 10.8 Å². The van der Waals surface area contributed by atoms with E-state index in [9.17, 15) is 4.79 Å². The average Bonchev–Trinajstić information content (AvgIpc) is 2.74. The Morgan fingerprint density at radius 2 is 1.38 bits per heavy atom. The largest absolute Gasteiger partial charge is 0.492 e. The normalized spacial score (nSPS) is 11.2. The quantitative estimate of drug-likeness (QED) is 0.358. The molecule has 29 heavy (non-hydrogen) atoms. The van der Waals surface area contributed by atoms with Crippen LogP contribution in [0.3, 0.4) is 0 Å². The van der Waals surface area contributed by atoms with E-state index in [1.165, 1.54) is 0 Å². The van der Waals surface area contributed by atoms with E-state index in [1.54, 1.807) is 24.3 Å². The Kier molecular flexibility index (Phi) is 7.90. The van der Waals surface area contributed by atoms with Crippen LogP contribution < -0.4 is 25.5 Å². The number of benzene rings is 2. The summed E-state index contributed by atoms with van der Waals surface area (Å²) in [6.45, 7) is 8.87. The molecule has 0 fully saturated rings. The Morgan fingerprint density at radius 3 is 2.03 bits per heavy atom. The first-order chi connectivity index (χ1) is 14.2. The van der Waals surface area contributed by atoms with Gasteiger partial charge in [-0.25, -0.2) is 0 Å². The Labute approximate surface area is 171 Å². The maximum Gasteiger partial charge on any atom is 0.200 e. The topological polar surface area (TPSA) is 72.7 Å². The molecule has 2 N–H and O–H groups in total. The standard InChI is InChI=1S/C23H30N2O4/c1-3-9-24-11-13-27-17-6-8-21-20(15-17)23(26)19-7-5-18(16-22(19)29-21)28-14-12-25-10-4-2/h5-8,15-16,24-25H,3-4,9-14H2,1-2H3. The molecular formula is C23H30N2O4. The molecule has 3 rings (SSSR count). The number of ether oxygens (including phenoxy) is 2. The third kappa shape index (κ3) is 5.71. The van der Waals surface area contributed by atoms with Gasteiger partial charge in [0, 0.05) is 19.2 Å². The van der Waals surface area contributed by atoms with Crippen LogP contribution in [0.2, 0.25) is 0 Å². The first-order valence-electron chi connectivity index (χ1n) is 10.4. The second-order valence-electron chi connectivity index (χ2n) is 6.94. The second-order valence-corrected chi connectivity index (χ2v) is 6.94. The van der Waals surface area contributed by atoms with E-state index in [0.29, 0.717) is 46.7 Å². The van der Waals surface area contributed by atoms with Crippen LogP contribution in [0.4, 0.5) is 0 Å². The smallest absolute Gasteiger partial charge is 0.200 e. The van der Waals surface area contributed by atoms with Crippen LogP contribution in [0.5, 0.6) is 11.5 Å². The van der Waals surface area contributed by atoms with Crippen LogP contribution in [-0.4, -0.2) is 39.4 Å². The van der Waals surface area contributed by atoms with Crippen molar-refractivity contribution in [2.75, 3.05) is 39.4 Å². The summed E-state index contributed by atoms with van der Waals surface area (Å²) in [6, 6.07) is 10.7. The highest BCUT2D eigenvalue weighted by molar-refractivity contribution is 5.90. The molecule has 1 heterocycles. The fraction of sp³-hybridized carbons (Fsp3) is 0.435. The molecule has 0 amide bonds. The lowest BCUT2D eigenvalue weighted by Crippen LogP contribution is -2.21. The monoisotopic (exact) mass is 398 g/mol. The zero-order chi connectivity index (χ0) is 20.5. The predicted molar refractivity (Wildman–Crippen MR) is 117 cm³/mol. The number of rotatable bonds is 12. The molecule has 3 aromatic rings. The molecule has 0 radical (unpaired) electrons. The Balaban J connectivity index is 1.73. The average molecular weight is 399 g/mol. The maximum absolute atomic E-state index is 12.9. The Hall–Kier alpha value is -2.57. The number of nitrogens with one attached hydrogen (secondary N) is 2.